The Kier molecular flexibility index (Phi) is 9.62. The third-order valence-corrected chi connectivity index (χ3v) is 6.30. The molecule has 0 fully saturated rings. The maximum absolute atomic E-state index is 13.0. The fourth-order valence-corrected chi connectivity index (χ4v) is 4.33. The van der Waals surface area contributed by atoms with Crippen molar-refractivity contribution in [3.05, 3.63) is 75.9 Å². The number of benzene rings is 1. The van der Waals surface area contributed by atoms with Crippen molar-refractivity contribution in [2.75, 3.05) is 13.7 Å². The summed E-state index contributed by atoms with van der Waals surface area (Å²) >= 11 is 0. The number of aryl methyl sites for hydroxylation is 1. The topological polar surface area (TPSA) is 145 Å². The molecule has 0 radical (unpaired) electrons. The Morgan fingerprint density at radius 2 is 1.90 bits per heavy atom. The van der Waals surface area contributed by atoms with Crippen LogP contribution in [0.2, 0.25) is 0 Å². The van der Waals surface area contributed by atoms with Gasteiger partial charge in [-0.15, -0.1) is 0 Å². The van der Waals surface area contributed by atoms with Crippen LogP contribution in [-0.2, 0) is 22.5 Å². The van der Waals surface area contributed by atoms with Crippen LogP contribution in [-0.4, -0.2) is 59.0 Å². The second-order valence-electron chi connectivity index (χ2n) is 10.7. The number of carbonyl (C=O) groups excluding carboxylic acids is 2. The molecule has 1 aliphatic rings. The van der Waals surface area contributed by atoms with Crippen molar-refractivity contribution in [2.45, 2.75) is 70.7 Å². The molecule has 2 amide bonds. The van der Waals surface area contributed by atoms with Crippen molar-refractivity contribution in [1.29, 1.82) is 0 Å². The van der Waals surface area contributed by atoms with Gasteiger partial charge < -0.3 is 29.1 Å². The highest BCUT2D eigenvalue weighted by Crippen LogP contribution is 2.27. The summed E-state index contributed by atoms with van der Waals surface area (Å²) in [5, 5.41) is 12.7. The van der Waals surface area contributed by atoms with Crippen LogP contribution in [0.25, 0.3) is 0 Å². The van der Waals surface area contributed by atoms with Gasteiger partial charge in [-0.25, -0.2) is 14.4 Å². The summed E-state index contributed by atoms with van der Waals surface area (Å²) in [5.41, 5.74) is -1.65. The van der Waals surface area contributed by atoms with Gasteiger partial charge >= 0.3 is 18.2 Å². The molecule has 3 rings (SSSR count). The molecular formula is C29H36N2O9. The number of carbonyl (C=O) groups is 3. The molecule has 0 unspecified atom stereocenters. The molecule has 0 spiro atoms. The lowest BCUT2D eigenvalue weighted by atomic mass is 9.88. The molecule has 2 atom stereocenters. The minimum absolute atomic E-state index is 0.0351. The van der Waals surface area contributed by atoms with Gasteiger partial charge in [0.15, 0.2) is 0 Å². The molecular weight excluding hydrogens is 520 g/mol. The van der Waals surface area contributed by atoms with E-state index in [4.69, 9.17) is 18.6 Å². The number of rotatable bonds is 8. The maximum Gasteiger partial charge on any atom is 0.408 e. The first-order chi connectivity index (χ1) is 18.8. The summed E-state index contributed by atoms with van der Waals surface area (Å²) in [5.74, 6) is -1.39. The molecule has 0 saturated carbocycles. The number of alkyl carbamates (subject to hydrolysis) is 1. The first-order valence-electron chi connectivity index (χ1n) is 12.9. The van der Waals surface area contributed by atoms with Gasteiger partial charge in [-0.3, -0.25) is 9.69 Å². The smallest absolute Gasteiger partial charge is 0.408 e. The molecule has 0 saturated heterocycles. The second kappa shape index (κ2) is 12.7. The van der Waals surface area contributed by atoms with Crippen LogP contribution in [0.1, 0.15) is 62.4 Å². The normalized spacial score (nSPS) is 18.9. The van der Waals surface area contributed by atoms with Crippen LogP contribution in [0, 0.1) is 0 Å². The van der Waals surface area contributed by atoms with E-state index in [-0.39, 0.29) is 43.3 Å². The number of nitrogens with one attached hydrogen (secondary N) is 1. The van der Waals surface area contributed by atoms with Gasteiger partial charge in [-0.2, -0.15) is 0 Å². The molecule has 216 valence electrons. The molecule has 40 heavy (non-hydrogen) atoms. The molecule has 0 aliphatic carbocycles. The predicted octanol–water partition coefficient (Wildman–Crippen LogP) is 4.53. The summed E-state index contributed by atoms with van der Waals surface area (Å²) in [6.45, 7) is 6.91. The van der Waals surface area contributed by atoms with Crippen LogP contribution >= 0.6 is 0 Å². The Bertz CT molecular complexity index is 1300. The molecule has 1 aliphatic heterocycles. The van der Waals surface area contributed by atoms with Crippen molar-refractivity contribution in [1.82, 2.24) is 10.2 Å². The number of hydrogen-bond acceptors (Lipinski definition) is 8. The summed E-state index contributed by atoms with van der Waals surface area (Å²) < 4.78 is 21.7. The lowest BCUT2D eigenvalue weighted by Crippen LogP contribution is -2.57. The van der Waals surface area contributed by atoms with Crippen LogP contribution in [0.15, 0.2) is 57.8 Å². The summed E-state index contributed by atoms with van der Waals surface area (Å²) in [7, 11) is 1.16. The molecule has 2 N–H and O–H groups in total. The molecule has 1 aromatic carbocycles. The summed E-state index contributed by atoms with van der Waals surface area (Å²) in [4.78, 5) is 51.6. The Morgan fingerprint density at radius 1 is 1.20 bits per heavy atom. The zero-order valence-corrected chi connectivity index (χ0v) is 23.4. The molecule has 1 aromatic heterocycles. The average Bonchev–Trinajstić information content (AvgIpc) is 3.04. The van der Waals surface area contributed by atoms with E-state index in [9.17, 15) is 24.3 Å². The quantitative estimate of drug-likeness (QED) is 0.354. The number of esters is 1. The van der Waals surface area contributed by atoms with Crippen LogP contribution in [0.5, 0.6) is 5.75 Å². The van der Waals surface area contributed by atoms with Gasteiger partial charge in [0.1, 0.15) is 18.0 Å². The fourth-order valence-electron chi connectivity index (χ4n) is 4.33. The zero-order chi connectivity index (χ0) is 29.5. The minimum Gasteiger partial charge on any atom is -0.481 e. The van der Waals surface area contributed by atoms with E-state index in [1.165, 1.54) is 11.0 Å². The van der Waals surface area contributed by atoms with Crippen LogP contribution in [0.3, 0.4) is 0 Å². The fraction of sp³-hybridized carbons (Fsp3) is 0.448. The van der Waals surface area contributed by atoms with Gasteiger partial charge in [0.2, 0.25) is 11.2 Å². The lowest BCUT2D eigenvalue weighted by Gasteiger charge is -2.38. The Balaban J connectivity index is 1.91. The van der Waals surface area contributed by atoms with E-state index in [0.717, 1.165) is 12.7 Å². The van der Waals surface area contributed by atoms with Crippen LogP contribution in [0.4, 0.5) is 9.59 Å². The highest BCUT2D eigenvalue weighted by atomic mass is 16.6. The van der Waals surface area contributed by atoms with Crippen LogP contribution < -0.4 is 15.5 Å². The monoisotopic (exact) mass is 556 g/mol. The van der Waals surface area contributed by atoms with E-state index in [1.54, 1.807) is 33.8 Å². The molecule has 2 heterocycles. The lowest BCUT2D eigenvalue weighted by molar-refractivity contribution is 0.0406. The van der Waals surface area contributed by atoms with E-state index in [1.807, 2.05) is 36.4 Å². The molecule has 0 bridgehead atoms. The second-order valence-corrected chi connectivity index (χ2v) is 10.7. The van der Waals surface area contributed by atoms with Gasteiger partial charge in [0.05, 0.1) is 18.7 Å². The van der Waals surface area contributed by atoms with Crippen molar-refractivity contribution < 1.29 is 38.1 Å². The first kappa shape index (κ1) is 30.3. The number of nitrogens with zero attached hydrogens (tertiary/aromatic N) is 1. The highest BCUT2D eigenvalue weighted by molar-refractivity contribution is 5.89. The third kappa shape index (κ3) is 8.11. The SMILES string of the molecule is COC(=O)c1oc(CC[C@]2(NC(=O)OC(C)(C)C)CC=C[C@H](C)N(C(=O)O)C2)cc(=O)c1OCc1ccccc1. The Labute approximate surface area is 232 Å². The van der Waals surface area contributed by atoms with E-state index in [2.05, 4.69) is 5.32 Å². The summed E-state index contributed by atoms with van der Waals surface area (Å²) in [6.07, 6.45) is 2.26. The summed E-state index contributed by atoms with van der Waals surface area (Å²) in [6, 6.07) is 9.91. The van der Waals surface area contributed by atoms with Gasteiger partial charge in [-0.1, -0.05) is 42.5 Å². The number of methoxy groups -OCH3 is 1. The number of hydrogen-bond donors (Lipinski definition) is 2. The minimum atomic E-state index is -1.14. The van der Waals surface area contributed by atoms with E-state index in [0.29, 0.717) is 6.42 Å². The zero-order valence-electron chi connectivity index (χ0n) is 23.4. The van der Waals surface area contributed by atoms with Crippen molar-refractivity contribution >= 4 is 18.2 Å². The van der Waals surface area contributed by atoms with Gasteiger partial charge in [0, 0.05) is 19.0 Å². The van der Waals surface area contributed by atoms with Crippen molar-refractivity contribution in [3.63, 3.8) is 0 Å². The van der Waals surface area contributed by atoms with E-state index < -0.39 is 40.8 Å². The number of carboxylic acid groups (broad SMARTS) is 1. The molecule has 11 nitrogen and oxygen atoms in total. The Hall–Kier alpha value is -4.28. The maximum atomic E-state index is 13.0. The molecule has 11 heteroatoms. The molecule has 2 aromatic rings. The standard InChI is InChI=1S/C29H36N2O9/c1-19-10-9-14-29(18-31(19)27(35)36,30-26(34)40-28(2,3)4)15-13-21-16-22(32)23(24(39-21)25(33)37-5)38-17-20-11-7-6-8-12-20/h6-12,16,19H,13-15,17-18H2,1-5H3,(H,30,34)(H,35,36)/t19-,29+/m0/s1. The largest absolute Gasteiger partial charge is 0.481 e. The van der Waals surface area contributed by atoms with Crippen molar-refractivity contribution in [2.24, 2.45) is 0 Å². The third-order valence-electron chi connectivity index (χ3n) is 6.30. The van der Waals surface area contributed by atoms with Crippen molar-refractivity contribution in [3.8, 4) is 5.75 Å². The van der Waals surface area contributed by atoms with Gasteiger partial charge in [-0.05, 0) is 46.1 Å². The highest BCUT2D eigenvalue weighted by Gasteiger charge is 2.39. The predicted molar refractivity (Wildman–Crippen MR) is 145 cm³/mol. The van der Waals surface area contributed by atoms with Gasteiger partial charge in [0.25, 0.3) is 5.76 Å². The average molecular weight is 557 g/mol. The number of amides is 2. The first-order valence-corrected chi connectivity index (χ1v) is 12.9. The Morgan fingerprint density at radius 3 is 2.52 bits per heavy atom. The van der Waals surface area contributed by atoms with E-state index >= 15 is 0 Å². The number of ether oxygens (including phenoxy) is 3.